The third-order valence-electron chi connectivity index (χ3n) is 2.07. The van der Waals surface area contributed by atoms with Gasteiger partial charge in [-0.2, -0.15) is 0 Å². The van der Waals surface area contributed by atoms with Gasteiger partial charge in [-0.3, -0.25) is 19.9 Å². The van der Waals surface area contributed by atoms with Gasteiger partial charge in [-0.1, -0.05) is 0 Å². The van der Waals surface area contributed by atoms with E-state index in [9.17, 15) is 14.4 Å². The molecule has 0 bridgehead atoms. The molecule has 0 atom stereocenters. The first-order valence-corrected chi connectivity index (χ1v) is 4.21. The van der Waals surface area contributed by atoms with Crippen molar-refractivity contribution in [3.05, 3.63) is 24.0 Å². The second kappa shape index (κ2) is 3.16. The van der Waals surface area contributed by atoms with Gasteiger partial charge >= 0.3 is 17.8 Å². The van der Waals surface area contributed by atoms with Gasteiger partial charge in [0.15, 0.2) is 0 Å². The minimum atomic E-state index is -0.914. The Labute approximate surface area is 84.9 Å². The molecule has 0 aliphatic carbocycles. The number of hydrogen-bond acceptors (Lipinski definition) is 4. The lowest BCUT2D eigenvalue weighted by molar-refractivity contribution is -0.134. The molecule has 0 spiro atoms. The van der Waals surface area contributed by atoms with Crippen molar-refractivity contribution in [2.45, 2.75) is 6.92 Å². The standard InChI is InChI=1S/C9H7N3O3/c1-5-2-3-10-4-6(5)12-8(14)7(13)11-9(12)15/h2-4H,1H3,(H,11,13,15). The zero-order valence-corrected chi connectivity index (χ0v) is 7.85. The largest absolute Gasteiger partial charge is 0.336 e. The van der Waals surface area contributed by atoms with E-state index in [2.05, 4.69) is 4.98 Å². The van der Waals surface area contributed by atoms with Crippen LogP contribution in [0.3, 0.4) is 0 Å². The van der Waals surface area contributed by atoms with Crippen LogP contribution in [0.5, 0.6) is 0 Å². The van der Waals surface area contributed by atoms with E-state index < -0.39 is 17.8 Å². The first-order valence-electron chi connectivity index (χ1n) is 4.21. The lowest BCUT2D eigenvalue weighted by Crippen LogP contribution is -2.31. The summed E-state index contributed by atoms with van der Waals surface area (Å²) in [5.74, 6) is -1.79. The van der Waals surface area contributed by atoms with E-state index in [1.165, 1.54) is 6.20 Å². The summed E-state index contributed by atoms with van der Waals surface area (Å²) in [7, 11) is 0. The molecule has 1 fully saturated rings. The average molecular weight is 205 g/mol. The molecular formula is C9H7N3O3. The summed E-state index contributed by atoms with van der Waals surface area (Å²) < 4.78 is 0. The normalized spacial score (nSPS) is 15.8. The predicted molar refractivity (Wildman–Crippen MR) is 50.0 cm³/mol. The Bertz CT molecular complexity index is 469. The molecule has 0 unspecified atom stereocenters. The van der Waals surface area contributed by atoms with Crippen LogP contribution in [-0.2, 0) is 9.59 Å². The first kappa shape index (κ1) is 9.32. The first-order chi connectivity index (χ1) is 7.11. The van der Waals surface area contributed by atoms with Gasteiger partial charge in [0.1, 0.15) is 0 Å². The van der Waals surface area contributed by atoms with E-state index in [1.54, 1.807) is 19.2 Å². The van der Waals surface area contributed by atoms with E-state index >= 15 is 0 Å². The third-order valence-corrected chi connectivity index (χ3v) is 2.07. The predicted octanol–water partition coefficient (Wildman–Crippen LogP) is -0.0272. The number of anilines is 1. The van der Waals surface area contributed by atoms with Crippen LogP contribution in [0.1, 0.15) is 5.56 Å². The monoisotopic (exact) mass is 205 g/mol. The van der Waals surface area contributed by atoms with Crippen molar-refractivity contribution >= 4 is 23.5 Å². The number of nitrogens with zero attached hydrogens (tertiary/aromatic N) is 2. The number of imide groups is 2. The number of aryl methyl sites for hydroxylation is 1. The van der Waals surface area contributed by atoms with Crippen LogP contribution < -0.4 is 10.2 Å². The SMILES string of the molecule is Cc1ccncc1N1C(=O)NC(=O)C1=O. The number of amides is 4. The van der Waals surface area contributed by atoms with Crippen molar-refractivity contribution in [1.82, 2.24) is 10.3 Å². The quantitative estimate of drug-likeness (QED) is 0.516. The minimum Gasteiger partial charge on any atom is -0.269 e. The van der Waals surface area contributed by atoms with Crippen LogP contribution in [0.15, 0.2) is 18.5 Å². The Kier molecular flexibility index (Phi) is 1.96. The Balaban J connectivity index is 2.48. The van der Waals surface area contributed by atoms with Crippen LogP contribution in [0, 0.1) is 6.92 Å². The second-order valence-corrected chi connectivity index (χ2v) is 3.06. The molecule has 1 aliphatic heterocycles. The molecule has 76 valence electrons. The summed E-state index contributed by atoms with van der Waals surface area (Å²) in [6, 6.07) is 0.916. The molecule has 1 aromatic heterocycles. The van der Waals surface area contributed by atoms with Crippen molar-refractivity contribution in [3.63, 3.8) is 0 Å². The highest BCUT2D eigenvalue weighted by Crippen LogP contribution is 2.20. The van der Waals surface area contributed by atoms with Crippen LogP contribution in [-0.4, -0.2) is 22.8 Å². The summed E-state index contributed by atoms with van der Waals surface area (Å²) in [6.45, 7) is 1.72. The number of aromatic nitrogens is 1. The summed E-state index contributed by atoms with van der Waals surface area (Å²) in [4.78, 5) is 38.1. The molecule has 2 rings (SSSR count). The van der Waals surface area contributed by atoms with E-state index in [-0.39, 0.29) is 0 Å². The van der Waals surface area contributed by atoms with Gasteiger partial charge in [0.05, 0.1) is 11.9 Å². The fourth-order valence-electron chi connectivity index (χ4n) is 1.31. The van der Waals surface area contributed by atoms with Gasteiger partial charge in [0.2, 0.25) is 0 Å². The fraction of sp³-hybridized carbons (Fsp3) is 0.111. The molecule has 0 aromatic carbocycles. The van der Waals surface area contributed by atoms with Gasteiger partial charge in [0, 0.05) is 6.20 Å². The molecule has 1 saturated heterocycles. The van der Waals surface area contributed by atoms with Gasteiger partial charge < -0.3 is 0 Å². The van der Waals surface area contributed by atoms with E-state index in [1.807, 2.05) is 5.32 Å². The Morgan fingerprint density at radius 3 is 2.60 bits per heavy atom. The summed E-state index contributed by atoms with van der Waals surface area (Å²) >= 11 is 0. The molecule has 6 nitrogen and oxygen atoms in total. The van der Waals surface area contributed by atoms with Crippen LogP contribution in [0.2, 0.25) is 0 Å². The lowest BCUT2D eigenvalue weighted by Gasteiger charge is -2.12. The zero-order chi connectivity index (χ0) is 11.0. The molecule has 1 aliphatic rings. The highest BCUT2D eigenvalue weighted by Gasteiger charge is 2.38. The zero-order valence-electron chi connectivity index (χ0n) is 7.85. The van der Waals surface area contributed by atoms with Crippen molar-refractivity contribution < 1.29 is 14.4 Å². The molecule has 1 aromatic rings. The molecule has 15 heavy (non-hydrogen) atoms. The number of carbonyl (C=O) groups is 3. The van der Waals surface area contributed by atoms with Gasteiger partial charge in [0.25, 0.3) is 0 Å². The number of pyridine rings is 1. The summed E-state index contributed by atoms with van der Waals surface area (Å²) in [5, 5.41) is 1.91. The number of carbonyl (C=O) groups excluding carboxylic acids is 3. The van der Waals surface area contributed by atoms with Gasteiger partial charge in [-0.05, 0) is 18.6 Å². The third kappa shape index (κ3) is 1.35. The average Bonchev–Trinajstić information content (AvgIpc) is 2.43. The summed E-state index contributed by atoms with van der Waals surface area (Å²) in [6.07, 6.45) is 2.91. The minimum absolute atomic E-state index is 0.325. The molecule has 1 N–H and O–H groups in total. The Morgan fingerprint density at radius 1 is 1.33 bits per heavy atom. The van der Waals surface area contributed by atoms with E-state index in [0.29, 0.717) is 11.3 Å². The molecular weight excluding hydrogens is 198 g/mol. The smallest absolute Gasteiger partial charge is 0.269 e. The number of nitrogens with one attached hydrogen (secondary N) is 1. The van der Waals surface area contributed by atoms with Crippen molar-refractivity contribution in [1.29, 1.82) is 0 Å². The van der Waals surface area contributed by atoms with Gasteiger partial charge in [-0.15, -0.1) is 0 Å². The maximum Gasteiger partial charge on any atom is 0.336 e. The molecule has 2 heterocycles. The maximum atomic E-state index is 11.3. The number of hydrogen-bond donors (Lipinski definition) is 1. The van der Waals surface area contributed by atoms with Crippen molar-refractivity contribution in [2.75, 3.05) is 4.90 Å². The molecule has 0 saturated carbocycles. The van der Waals surface area contributed by atoms with Crippen molar-refractivity contribution in [2.24, 2.45) is 0 Å². The van der Waals surface area contributed by atoms with Crippen molar-refractivity contribution in [3.8, 4) is 0 Å². The molecule has 0 radical (unpaired) electrons. The van der Waals surface area contributed by atoms with Crippen LogP contribution in [0.25, 0.3) is 0 Å². The van der Waals surface area contributed by atoms with Crippen LogP contribution in [0.4, 0.5) is 10.5 Å². The Hall–Kier alpha value is -2.24. The number of urea groups is 1. The molecule has 6 heteroatoms. The van der Waals surface area contributed by atoms with Crippen LogP contribution >= 0.6 is 0 Å². The molecule has 4 amide bonds. The highest BCUT2D eigenvalue weighted by molar-refractivity contribution is 6.53. The second-order valence-electron chi connectivity index (χ2n) is 3.06. The number of rotatable bonds is 1. The maximum absolute atomic E-state index is 11.3. The highest BCUT2D eigenvalue weighted by atomic mass is 16.2. The van der Waals surface area contributed by atoms with Gasteiger partial charge in [-0.25, -0.2) is 9.69 Å². The topological polar surface area (TPSA) is 79.4 Å². The Morgan fingerprint density at radius 2 is 2.07 bits per heavy atom. The van der Waals surface area contributed by atoms with E-state index in [0.717, 1.165) is 4.90 Å². The lowest BCUT2D eigenvalue weighted by atomic mass is 10.2. The summed E-state index contributed by atoms with van der Waals surface area (Å²) in [5.41, 5.74) is 1.02. The fourth-order valence-corrected chi connectivity index (χ4v) is 1.31. The van der Waals surface area contributed by atoms with E-state index in [4.69, 9.17) is 0 Å².